The summed E-state index contributed by atoms with van der Waals surface area (Å²) in [7, 11) is 0. The van der Waals surface area contributed by atoms with Gasteiger partial charge in [-0.25, -0.2) is 0 Å². The Kier molecular flexibility index (Phi) is 2.89. The van der Waals surface area contributed by atoms with Gasteiger partial charge in [-0.15, -0.1) is 0 Å². The van der Waals surface area contributed by atoms with Crippen molar-refractivity contribution >= 4 is 0 Å². The molecule has 0 aromatic carbocycles. The molecule has 2 heteroatoms. The fourth-order valence-electron chi connectivity index (χ4n) is 2.50. The maximum absolute atomic E-state index is 5.91. The Morgan fingerprint density at radius 3 is 2.62 bits per heavy atom. The smallest absolute Gasteiger partial charge is 0.00514 e. The molecule has 0 bridgehead atoms. The van der Waals surface area contributed by atoms with Crippen molar-refractivity contribution in [1.82, 2.24) is 4.90 Å². The largest absolute Gasteiger partial charge is 0.328 e. The molecule has 0 spiro atoms. The van der Waals surface area contributed by atoms with Crippen LogP contribution in [0.15, 0.2) is 0 Å². The number of nitrogens with two attached hydrogens (primary N) is 1. The van der Waals surface area contributed by atoms with Gasteiger partial charge in [0.2, 0.25) is 0 Å². The molecule has 1 saturated carbocycles. The van der Waals surface area contributed by atoms with Crippen molar-refractivity contribution < 1.29 is 0 Å². The number of nitrogens with zero attached hydrogens (tertiary/aromatic N) is 1. The standard InChI is InChI=1S/C11H22N2/c1-9(12)11-5-6-13(8-11)7-10-3-2-4-10/h9-11H,2-8,12H2,1H3. The van der Waals surface area contributed by atoms with E-state index in [9.17, 15) is 0 Å². The van der Waals surface area contributed by atoms with Crippen molar-refractivity contribution in [2.75, 3.05) is 19.6 Å². The lowest BCUT2D eigenvalue weighted by Crippen LogP contribution is -2.33. The summed E-state index contributed by atoms with van der Waals surface area (Å²) < 4.78 is 0. The Morgan fingerprint density at radius 1 is 1.38 bits per heavy atom. The number of hydrogen-bond donors (Lipinski definition) is 1. The predicted molar refractivity (Wildman–Crippen MR) is 55.5 cm³/mol. The minimum atomic E-state index is 0.395. The van der Waals surface area contributed by atoms with Crippen LogP contribution in [0.3, 0.4) is 0 Å². The van der Waals surface area contributed by atoms with Gasteiger partial charge in [-0.05, 0) is 44.6 Å². The molecule has 2 atom stereocenters. The fourth-order valence-corrected chi connectivity index (χ4v) is 2.50. The van der Waals surface area contributed by atoms with Gasteiger partial charge in [-0.3, -0.25) is 0 Å². The molecular formula is C11H22N2. The summed E-state index contributed by atoms with van der Waals surface area (Å²) in [6.45, 7) is 6.05. The molecule has 2 nitrogen and oxygen atoms in total. The van der Waals surface area contributed by atoms with E-state index in [1.54, 1.807) is 0 Å². The maximum Gasteiger partial charge on any atom is 0.00514 e. The highest BCUT2D eigenvalue weighted by Gasteiger charge is 2.28. The Morgan fingerprint density at radius 2 is 2.15 bits per heavy atom. The van der Waals surface area contributed by atoms with Crippen LogP contribution in [0.1, 0.15) is 32.6 Å². The summed E-state index contributed by atoms with van der Waals surface area (Å²) in [6, 6.07) is 0.395. The molecule has 2 fully saturated rings. The van der Waals surface area contributed by atoms with Crippen LogP contribution in [0.2, 0.25) is 0 Å². The summed E-state index contributed by atoms with van der Waals surface area (Å²) in [5.74, 6) is 1.78. The van der Waals surface area contributed by atoms with Gasteiger partial charge in [0, 0.05) is 19.1 Å². The second-order valence-corrected chi connectivity index (χ2v) is 4.96. The van der Waals surface area contributed by atoms with E-state index in [0.717, 1.165) is 11.8 Å². The highest BCUT2D eigenvalue weighted by Crippen LogP contribution is 2.29. The summed E-state index contributed by atoms with van der Waals surface area (Å²) in [5.41, 5.74) is 5.91. The molecule has 2 aliphatic rings. The van der Waals surface area contributed by atoms with E-state index in [0.29, 0.717) is 6.04 Å². The molecule has 2 rings (SSSR count). The third-order valence-corrected chi connectivity index (χ3v) is 3.79. The van der Waals surface area contributed by atoms with Gasteiger partial charge in [-0.2, -0.15) is 0 Å². The highest BCUT2D eigenvalue weighted by molar-refractivity contribution is 4.83. The van der Waals surface area contributed by atoms with Crippen LogP contribution in [0.4, 0.5) is 0 Å². The van der Waals surface area contributed by atoms with E-state index in [-0.39, 0.29) is 0 Å². The van der Waals surface area contributed by atoms with Crippen LogP contribution in [-0.4, -0.2) is 30.6 Å². The van der Waals surface area contributed by atoms with Crippen molar-refractivity contribution in [2.24, 2.45) is 17.6 Å². The molecule has 0 amide bonds. The van der Waals surface area contributed by atoms with Gasteiger partial charge in [0.15, 0.2) is 0 Å². The van der Waals surface area contributed by atoms with Gasteiger partial charge < -0.3 is 10.6 Å². The molecule has 0 radical (unpaired) electrons. The predicted octanol–water partition coefficient (Wildman–Crippen LogP) is 1.46. The zero-order valence-electron chi connectivity index (χ0n) is 8.71. The lowest BCUT2D eigenvalue weighted by molar-refractivity contribution is 0.199. The van der Waals surface area contributed by atoms with Gasteiger partial charge in [-0.1, -0.05) is 6.42 Å². The average Bonchev–Trinajstić information content (AvgIpc) is 2.44. The molecular weight excluding hydrogens is 160 g/mol. The highest BCUT2D eigenvalue weighted by atomic mass is 15.1. The fraction of sp³-hybridized carbons (Fsp3) is 1.00. The van der Waals surface area contributed by atoms with E-state index >= 15 is 0 Å². The number of likely N-dealkylation sites (tertiary alicyclic amines) is 1. The van der Waals surface area contributed by atoms with Crippen molar-refractivity contribution in [1.29, 1.82) is 0 Å². The first-order valence-corrected chi connectivity index (χ1v) is 5.73. The minimum absolute atomic E-state index is 0.395. The summed E-state index contributed by atoms with van der Waals surface area (Å²) >= 11 is 0. The molecule has 1 heterocycles. The third kappa shape index (κ3) is 2.23. The van der Waals surface area contributed by atoms with Crippen molar-refractivity contribution in [3.63, 3.8) is 0 Å². The van der Waals surface area contributed by atoms with Gasteiger partial charge in [0.05, 0.1) is 0 Å². The Hall–Kier alpha value is -0.0800. The van der Waals surface area contributed by atoms with Gasteiger partial charge >= 0.3 is 0 Å². The molecule has 1 aliphatic heterocycles. The van der Waals surface area contributed by atoms with Crippen molar-refractivity contribution in [3.8, 4) is 0 Å². The van der Waals surface area contributed by atoms with Gasteiger partial charge in [0.25, 0.3) is 0 Å². The van der Waals surface area contributed by atoms with Gasteiger partial charge in [0.1, 0.15) is 0 Å². The first kappa shape index (κ1) is 9.47. The van der Waals surface area contributed by atoms with E-state index in [2.05, 4.69) is 11.8 Å². The number of hydrogen-bond acceptors (Lipinski definition) is 2. The van der Waals surface area contributed by atoms with E-state index in [1.807, 2.05) is 0 Å². The topological polar surface area (TPSA) is 29.3 Å². The Labute approximate surface area is 81.5 Å². The lowest BCUT2D eigenvalue weighted by Gasteiger charge is -2.30. The maximum atomic E-state index is 5.91. The summed E-state index contributed by atoms with van der Waals surface area (Å²) in [5, 5.41) is 0. The molecule has 13 heavy (non-hydrogen) atoms. The molecule has 2 unspecified atom stereocenters. The molecule has 1 aliphatic carbocycles. The van der Waals surface area contributed by atoms with Crippen molar-refractivity contribution in [2.45, 2.75) is 38.6 Å². The van der Waals surface area contributed by atoms with E-state index < -0.39 is 0 Å². The first-order valence-electron chi connectivity index (χ1n) is 5.73. The molecule has 2 N–H and O–H groups in total. The average molecular weight is 182 g/mol. The molecule has 0 aromatic rings. The van der Waals surface area contributed by atoms with Crippen LogP contribution < -0.4 is 5.73 Å². The van der Waals surface area contributed by atoms with Crippen LogP contribution in [0.5, 0.6) is 0 Å². The molecule has 76 valence electrons. The quantitative estimate of drug-likeness (QED) is 0.716. The normalized spacial score (nSPS) is 33.2. The monoisotopic (exact) mass is 182 g/mol. The second kappa shape index (κ2) is 3.97. The van der Waals surface area contributed by atoms with E-state index in [1.165, 1.54) is 45.3 Å². The SMILES string of the molecule is CC(N)C1CCN(CC2CCC2)C1. The summed E-state index contributed by atoms with van der Waals surface area (Å²) in [6.07, 6.45) is 5.73. The second-order valence-electron chi connectivity index (χ2n) is 4.96. The number of rotatable bonds is 3. The lowest BCUT2D eigenvalue weighted by atomic mass is 9.85. The van der Waals surface area contributed by atoms with Crippen LogP contribution in [-0.2, 0) is 0 Å². The molecule has 0 aromatic heterocycles. The van der Waals surface area contributed by atoms with Crippen molar-refractivity contribution in [3.05, 3.63) is 0 Å². The van der Waals surface area contributed by atoms with E-state index in [4.69, 9.17) is 5.73 Å². The zero-order chi connectivity index (χ0) is 9.26. The zero-order valence-corrected chi connectivity index (χ0v) is 8.71. The van der Waals surface area contributed by atoms with Crippen LogP contribution in [0, 0.1) is 11.8 Å². The summed E-state index contributed by atoms with van der Waals surface area (Å²) in [4.78, 5) is 2.62. The molecule has 1 saturated heterocycles. The Bertz CT molecular complexity index is 163. The van der Waals surface area contributed by atoms with Crippen LogP contribution >= 0.6 is 0 Å². The minimum Gasteiger partial charge on any atom is -0.328 e. The van der Waals surface area contributed by atoms with Crippen LogP contribution in [0.25, 0.3) is 0 Å². The Balaban J connectivity index is 1.71. The third-order valence-electron chi connectivity index (χ3n) is 3.79. The first-order chi connectivity index (χ1) is 6.25.